The molecule has 0 radical (unpaired) electrons. The van der Waals surface area contributed by atoms with Crippen LogP contribution in [0.1, 0.15) is 25.0 Å². The van der Waals surface area contributed by atoms with Gasteiger partial charge in [0.2, 0.25) is 0 Å². The van der Waals surface area contributed by atoms with Crippen molar-refractivity contribution in [3.8, 4) is 0 Å². The lowest BCUT2D eigenvalue weighted by molar-refractivity contribution is 0.204. The van der Waals surface area contributed by atoms with Gasteiger partial charge in [-0.15, -0.1) is 11.6 Å². The quantitative estimate of drug-likeness (QED) is 0.712. The Morgan fingerprint density at radius 2 is 2.17 bits per heavy atom. The van der Waals surface area contributed by atoms with Gasteiger partial charge >= 0.3 is 0 Å². The largest absolute Gasteiger partial charge is 0.383 e. The third-order valence-corrected chi connectivity index (χ3v) is 3.02. The Bertz CT molecular complexity index is 369. The number of hydrogen-bond acceptors (Lipinski definition) is 3. The molecule has 18 heavy (non-hydrogen) atoms. The van der Waals surface area contributed by atoms with Gasteiger partial charge in [-0.1, -0.05) is 13.8 Å². The minimum Gasteiger partial charge on any atom is -0.383 e. The minimum absolute atomic E-state index is 0.510. The Labute approximate surface area is 115 Å². The van der Waals surface area contributed by atoms with E-state index in [4.69, 9.17) is 16.3 Å². The maximum Gasteiger partial charge on any atom is 0.131 e. The van der Waals surface area contributed by atoms with Crippen LogP contribution in [0.5, 0.6) is 0 Å². The smallest absolute Gasteiger partial charge is 0.131 e. The number of methoxy groups -OCH3 is 1. The van der Waals surface area contributed by atoms with Gasteiger partial charge in [0, 0.05) is 32.3 Å². The van der Waals surface area contributed by atoms with Crippen LogP contribution >= 0.6 is 11.6 Å². The Balaban J connectivity index is 2.89. The zero-order chi connectivity index (χ0) is 13.5. The van der Waals surface area contributed by atoms with Gasteiger partial charge in [0.25, 0.3) is 0 Å². The monoisotopic (exact) mass is 270 g/mol. The van der Waals surface area contributed by atoms with E-state index in [0.29, 0.717) is 18.4 Å². The van der Waals surface area contributed by atoms with Crippen molar-refractivity contribution in [3.05, 3.63) is 23.4 Å². The summed E-state index contributed by atoms with van der Waals surface area (Å²) in [6.45, 7) is 9.06. The summed E-state index contributed by atoms with van der Waals surface area (Å²) in [4.78, 5) is 6.82. The first-order chi connectivity index (χ1) is 8.58. The number of rotatable bonds is 7. The van der Waals surface area contributed by atoms with Crippen molar-refractivity contribution in [1.29, 1.82) is 0 Å². The fourth-order valence-electron chi connectivity index (χ4n) is 1.96. The first-order valence-corrected chi connectivity index (χ1v) is 6.87. The van der Waals surface area contributed by atoms with E-state index in [0.717, 1.165) is 24.5 Å². The molecule has 0 saturated carbocycles. The highest BCUT2D eigenvalue weighted by molar-refractivity contribution is 6.17. The zero-order valence-corrected chi connectivity index (χ0v) is 12.5. The standard InChI is InChI=1S/C14H23ClN2O/c1-11(2)10-17(5-6-18-4)14-12(3)7-13(8-15)9-16-14/h7,9,11H,5-6,8,10H2,1-4H3. The molecule has 0 aliphatic heterocycles. The average molecular weight is 271 g/mol. The lowest BCUT2D eigenvalue weighted by atomic mass is 10.1. The lowest BCUT2D eigenvalue weighted by Gasteiger charge is -2.27. The molecular formula is C14H23ClN2O. The number of hydrogen-bond donors (Lipinski definition) is 0. The van der Waals surface area contributed by atoms with Crippen LogP contribution < -0.4 is 4.90 Å². The first kappa shape index (κ1) is 15.3. The van der Waals surface area contributed by atoms with Gasteiger partial charge in [-0.25, -0.2) is 4.98 Å². The highest BCUT2D eigenvalue weighted by Crippen LogP contribution is 2.19. The Morgan fingerprint density at radius 1 is 1.44 bits per heavy atom. The number of aromatic nitrogens is 1. The lowest BCUT2D eigenvalue weighted by Crippen LogP contribution is -2.32. The second kappa shape index (κ2) is 7.59. The van der Waals surface area contributed by atoms with Crippen molar-refractivity contribution < 1.29 is 4.74 Å². The number of halogens is 1. The zero-order valence-electron chi connectivity index (χ0n) is 11.7. The van der Waals surface area contributed by atoms with Crippen LogP contribution in [0.15, 0.2) is 12.3 Å². The number of anilines is 1. The third kappa shape index (κ3) is 4.46. The van der Waals surface area contributed by atoms with Crippen LogP contribution in [0.2, 0.25) is 0 Å². The first-order valence-electron chi connectivity index (χ1n) is 6.33. The maximum atomic E-state index is 5.83. The van der Waals surface area contributed by atoms with Crippen LogP contribution in [0.25, 0.3) is 0 Å². The van der Waals surface area contributed by atoms with Crippen molar-refractivity contribution in [3.63, 3.8) is 0 Å². The molecule has 0 spiro atoms. The predicted molar refractivity (Wildman–Crippen MR) is 77.5 cm³/mol. The molecule has 0 saturated heterocycles. The Hall–Kier alpha value is -0.800. The van der Waals surface area contributed by atoms with Crippen molar-refractivity contribution in [2.24, 2.45) is 5.92 Å². The van der Waals surface area contributed by atoms with Crippen molar-refractivity contribution >= 4 is 17.4 Å². The second-order valence-electron chi connectivity index (χ2n) is 4.95. The van der Waals surface area contributed by atoms with Crippen LogP contribution in [0.4, 0.5) is 5.82 Å². The van der Waals surface area contributed by atoms with Crippen LogP contribution in [0.3, 0.4) is 0 Å². The summed E-state index contributed by atoms with van der Waals surface area (Å²) >= 11 is 5.83. The van der Waals surface area contributed by atoms with Gasteiger partial charge in [-0.05, 0) is 30.0 Å². The summed E-state index contributed by atoms with van der Waals surface area (Å²) in [5.74, 6) is 2.14. The molecule has 0 N–H and O–H groups in total. The molecule has 1 heterocycles. The molecule has 0 fully saturated rings. The summed E-state index contributed by atoms with van der Waals surface area (Å²) in [6, 6.07) is 2.11. The summed E-state index contributed by atoms with van der Waals surface area (Å²) < 4.78 is 5.17. The summed E-state index contributed by atoms with van der Waals surface area (Å²) in [7, 11) is 1.73. The molecule has 1 aromatic rings. The van der Waals surface area contributed by atoms with Crippen molar-refractivity contribution in [2.45, 2.75) is 26.7 Å². The molecule has 0 aliphatic carbocycles. The van der Waals surface area contributed by atoms with E-state index in [1.807, 2.05) is 6.20 Å². The van der Waals surface area contributed by atoms with Gasteiger partial charge in [0.05, 0.1) is 6.61 Å². The Morgan fingerprint density at radius 3 is 2.67 bits per heavy atom. The van der Waals surface area contributed by atoms with Crippen molar-refractivity contribution in [1.82, 2.24) is 4.98 Å². The molecule has 0 aromatic carbocycles. The molecule has 102 valence electrons. The molecule has 1 aromatic heterocycles. The third-order valence-electron chi connectivity index (χ3n) is 2.71. The molecule has 0 aliphatic rings. The van der Waals surface area contributed by atoms with E-state index in [2.05, 4.69) is 36.7 Å². The fourth-order valence-corrected chi connectivity index (χ4v) is 2.10. The van der Waals surface area contributed by atoms with Gasteiger partial charge in [0.1, 0.15) is 5.82 Å². The predicted octanol–water partition coefficient (Wildman–Crippen LogP) is 3.24. The SMILES string of the molecule is COCCN(CC(C)C)c1ncc(CCl)cc1C. The van der Waals surface area contributed by atoms with E-state index in [9.17, 15) is 0 Å². The van der Waals surface area contributed by atoms with E-state index >= 15 is 0 Å². The van der Waals surface area contributed by atoms with Gasteiger partial charge in [-0.2, -0.15) is 0 Å². The van der Waals surface area contributed by atoms with E-state index < -0.39 is 0 Å². The molecule has 1 rings (SSSR count). The van der Waals surface area contributed by atoms with E-state index in [-0.39, 0.29) is 0 Å². The summed E-state index contributed by atoms with van der Waals surface area (Å²) in [5, 5.41) is 0. The molecule has 0 bridgehead atoms. The molecule has 0 amide bonds. The van der Waals surface area contributed by atoms with E-state index in [1.165, 1.54) is 5.56 Å². The molecule has 0 atom stereocenters. The van der Waals surface area contributed by atoms with Crippen LogP contribution in [-0.4, -0.2) is 31.8 Å². The summed E-state index contributed by atoms with van der Waals surface area (Å²) in [5.41, 5.74) is 2.24. The number of pyridine rings is 1. The van der Waals surface area contributed by atoms with Crippen LogP contribution in [0, 0.1) is 12.8 Å². The normalized spacial score (nSPS) is 11.0. The molecule has 3 nitrogen and oxygen atoms in total. The second-order valence-corrected chi connectivity index (χ2v) is 5.22. The van der Waals surface area contributed by atoms with Gasteiger partial charge in [-0.3, -0.25) is 0 Å². The van der Waals surface area contributed by atoms with Gasteiger partial charge in [0.15, 0.2) is 0 Å². The average Bonchev–Trinajstić information content (AvgIpc) is 2.34. The molecule has 0 unspecified atom stereocenters. The highest BCUT2D eigenvalue weighted by Gasteiger charge is 2.12. The molecular weight excluding hydrogens is 248 g/mol. The Kier molecular flexibility index (Phi) is 6.44. The van der Waals surface area contributed by atoms with Gasteiger partial charge < -0.3 is 9.64 Å². The fraction of sp³-hybridized carbons (Fsp3) is 0.643. The maximum absolute atomic E-state index is 5.83. The van der Waals surface area contributed by atoms with Crippen LogP contribution in [-0.2, 0) is 10.6 Å². The number of aryl methyl sites for hydroxylation is 1. The molecule has 4 heteroatoms. The topological polar surface area (TPSA) is 25.4 Å². The summed E-state index contributed by atoms with van der Waals surface area (Å²) in [6.07, 6.45) is 1.86. The number of nitrogens with zero attached hydrogens (tertiary/aromatic N) is 2. The minimum atomic E-state index is 0.510. The van der Waals surface area contributed by atoms with Crippen molar-refractivity contribution in [2.75, 3.05) is 31.7 Å². The highest BCUT2D eigenvalue weighted by atomic mass is 35.5. The van der Waals surface area contributed by atoms with E-state index in [1.54, 1.807) is 7.11 Å². The number of ether oxygens (including phenoxy) is 1. The number of alkyl halides is 1.